The molecule has 8 nitrogen and oxygen atoms in total. The highest BCUT2D eigenvalue weighted by atomic mass is 16.6. The second-order valence-electron chi connectivity index (χ2n) is 6.41. The summed E-state index contributed by atoms with van der Waals surface area (Å²) in [4.78, 5) is 39.7. The SMILES string of the molecule is CCOC(=O)C(=[N+]=[N-])C(=O)c1cn(C(=O)OC(C)(C)C)c2ccccc12. The highest BCUT2D eigenvalue weighted by molar-refractivity contribution is 6.66. The molecule has 0 radical (unpaired) electrons. The topological polar surface area (TPSA) is 111 Å². The maximum Gasteiger partial charge on any atom is 0.446 e. The number of ketones is 1. The Kier molecular flexibility index (Phi) is 5.38. The van der Waals surface area contributed by atoms with Gasteiger partial charge in [0, 0.05) is 11.6 Å². The fourth-order valence-corrected chi connectivity index (χ4v) is 2.33. The molecule has 0 aliphatic heterocycles. The molecule has 0 spiro atoms. The van der Waals surface area contributed by atoms with Gasteiger partial charge in [0.25, 0.3) is 5.78 Å². The van der Waals surface area contributed by atoms with Crippen LogP contribution in [0.25, 0.3) is 16.4 Å². The standard InChI is InChI=1S/C18H19N3O5/c1-5-25-16(23)14(20-19)15(22)12-10-21(17(24)26-18(2,3)4)13-9-7-6-8-11(12)13/h6-10H,5H2,1-4H3. The number of hydrogen-bond acceptors (Lipinski definition) is 5. The Morgan fingerprint density at radius 1 is 1.19 bits per heavy atom. The Hall–Kier alpha value is -3.25. The lowest BCUT2D eigenvalue weighted by Gasteiger charge is -2.19. The number of ether oxygens (including phenoxy) is 2. The summed E-state index contributed by atoms with van der Waals surface area (Å²) in [6.45, 7) is 6.75. The van der Waals surface area contributed by atoms with E-state index in [0.717, 1.165) is 0 Å². The summed E-state index contributed by atoms with van der Waals surface area (Å²) >= 11 is 0. The molecule has 2 aromatic rings. The molecule has 0 aliphatic carbocycles. The Morgan fingerprint density at radius 3 is 2.42 bits per heavy atom. The average molecular weight is 357 g/mol. The van der Waals surface area contributed by atoms with E-state index < -0.39 is 29.2 Å². The molecule has 0 fully saturated rings. The van der Waals surface area contributed by atoms with E-state index in [-0.39, 0.29) is 12.2 Å². The maximum atomic E-state index is 12.7. The number of fused-ring (bicyclic) bond motifs is 1. The number of rotatable bonds is 4. The summed E-state index contributed by atoms with van der Waals surface area (Å²) < 4.78 is 11.2. The molecule has 1 aromatic carbocycles. The number of Topliss-reactive ketones (excluding diaryl/α,β-unsaturated/α-hetero) is 1. The smallest absolute Gasteiger partial charge is 0.446 e. The van der Waals surface area contributed by atoms with E-state index >= 15 is 0 Å². The van der Waals surface area contributed by atoms with E-state index in [9.17, 15) is 14.4 Å². The van der Waals surface area contributed by atoms with Crippen LogP contribution in [0.15, 0.2) is 30.5 Å². The summed E-state index contributed by atoms with van der Waals surface area (Å²) in [5.41, 5.74) is 8.01. The van der Waals surface area contributed by atoms with Crippen LogP contribution in [0.2, 0.25) is 0 Å². The predicted molar refractivity (Wildman–Crippen MR) is 93.2 cm³/mol. The first-order chi connectivity index (χ1) is 12.2. The van der Waals surface area contributed by atoms with Crippen molar-refractivity contribution in [1.29, 1.82) is 0 Å². The van der Waals surface area contributed by atoms with Crippen molar-refractivity contribution in [2.75, 3.05) is 6.61 Å². The molecular weight excluding hydrogens is 338 g/mol. The van der Waals surface area contributed by atoms with Crippen molar-refractivity contribution in [3.8, 4) is 0 Å². The van der Waals surface area contributed by atoms with Gasteiger partial charge in [0.1, 0.15) is 5.60 Å². The predicted octanol–water partition coefficient (Wildman–Crippen LogP) is 2.84. The number of carbonyl (C=O) groups excluding carboxylic acids is 3. The molecule has 0 unspecified atom stereocenters. The third kappa shape index (κ3) is 3.87. The Bertz CT molecular complexity index is 930. The third-order valence-corrected chi connectivity index (χ3v) is 3.33. The van der Waals surface area contributed by atoms with Crippen LogP contribution in [0.4, 0.5) is 4.79 Å². The number of hydrogen-bond donors (Lipinski definition) is 0. The first kappa shape index (κ1) is 19.1. The summed E-state index contributed by atoms with van der Waals surface area (Å²) in [6, 6.07) is 6.63. The number of para-hydroxylation sites is 1. The van der Waals surface area contributed by atoms with Crippen LogP contribution in [0, 0.1) is 0 Å². The molecule has 0 saturated carbocycles. The van der Waals surface area contributed by atoms with Crippen LogP contribution in [0.3, 0.4) is 0 Å². The van der Waals surface area contributed by atoms with Gasteiger partial charge in [-0.05, 0) is 33.8 Å². The molecule has 0 amide bonds. The third-order valence-electron chi connectivity index (χ3n) is 3.33. The van der Waals surface area contributed by atoms with Crippen LogP contribution >= 0.6 is 0 Å². The molecule has 0 bridgehead atoms. The number of carbonyl (C=O) groups is 3. The molecule has 136 valence electrons. The molecule has 2 rings (SSSR count). The van der Waals surface area contributed by atoms with Gasteiger partial charge in [0.15, 0.2) is 0 Å². The van der Waals surface area contributed by atoms with Gasteiger partial charge >= 0.3 is 17.8 Å². The van der Waals surface area contributed by atoms with Gasteiger partial charge in [-0.3, -0.25) is 9.36 Å². The maximum absolute atomic E-state index is 12.7. The van der Waals surface area contributed by atoms with Crippen molar-refractivity contribution in [3.63, 3.8) is 0 Å². The zero-order valence-corrected chi connectivity index (χ0v) is 15.0. The molecule has 0 atom stereocenters. The van der Waals surface area contributed by atoms with Crippen molar-refractivity contribution < 1.29 is 28.6 Å². The van der Waals surface area contributed by atoms with Crippen molar-refractivity contribution in [3.05, 3.63) is 41.6 Å². The minimum atomic E-state index is -1.05. The Morgan fingerprint density at radius 2 is 1.85 bits per heavy atom. The molecule has 1 heterocycles. The number of benzene rings is 1. The van der Waals surface area contributed by atoms with E-state index in [1.807, 2.05) is 0 Å². The van der Waals surface area contributed by atoms with Crippen molar-refractivity contribution in [1.82, 2.24) is 4.57 Å². The van der Waals surface area contributed by atoms with E-state index in [4.69, 9.17) is 15.0 Å². The highest BCUT2D eigenvalue weighted by Crippen LogP contribution is 2.23. The van der Waals surface area contributed by atoms with Gasteiger partial charge in [-0.1, -0.05) is 18.2 Å². The van der Waals surface area contributed by atoms with Crippen LogP contribution in [0.5, 0.6) is 0 Å². The van der Waals surface area contributed by atoms with Gasteiger partial charge in [0.2, 0.25) is 0 Å². The summed E-state index contributed by atoms with van der Waals surface area (Å²) in [6.07, 6.45) is 0.581. The fourth-order valence-electron chi connectivity index (χ4n) is 2.33. The van der Waals surface area contributed by atoms with Crippen molar-refractivity contribution in [2.45, 2.75) is 33.3 Å². The second kappa shape index (κ2) is 7.33. The summed E-state index contributed by atoms with van der Waals surface area (Å²) in [7, 11) is 0. The van der Waals surface area contributed by atoms with Crippen molar-refractivity contribution in [2.24, 2.45) is 0 Å². The number of aromatic nitrogens is 1. The Balaban J connectivity index is 2.56. The van der Waals surface area contributed by atoms with Gasteiger partial charge in [-0.25, -0.2) is 9.59 Å². The average Bonchev–Trinajstić information content (AvgIpc) is 2.94. The lowest BCUT2D eigenvalue weighted by atomic mass is 10.1. The largest absolute Gasteiger partial charge is 0.457 e. The van der Waals surface area contributed by atoms with Crippen LogP contribution in [0.1, 0.15) is 38.1 Å². The summed E-state index contributed by atoms with van der Waals surface area (Å²) in [5, 5.41) is 0.411. The highest BCUT2D eigenvalue weighted by Gasteiger charge is 2.35. The molecular formula is C18H19N3O5. The molecule has 0 aliphatic rings. The molecule has 1 aromatic heterocycles. The quantitative estimate of drug-likeness (QED) is 0.209. The number of nitrogens with zero attached hydrogens (tertiary/aromatic N) is 3. The van der Waals surface area contributed by atoms with Crippen LogP contribution in [-0.4, -0.2) is 45.1 Å². The van der Waals surface area contributed by atoms with Crippen LogP contribution < -0.4 is 0 Å². The van der Waals surface area contributed by atoms with Crippen LogP contribution in [-0.2, 0) is 14.3 Å². The normalized spacial score (nSPS) is 10.9. The molecule has 0 saturated heterocycles. The number of esters is 1. The molecule has 26 heavy (non-hydrogen) atoms. The minimum Gasteiger partial charge on any atom is -0.457 e. The lowest BCUT2D eigenvalue weighted by Crippen LogP contribution is -2.28. The molecule has 0 N–H and O–H groups in total. The van der Waals surface area contributed by atoms with E-state index in [1.54, 1.807) is 52.0 Å². The zero-order valence-electron chi connectivity index (χ0n) is 15.0. The zero-order chi connectivity index (χ0) is 19.5. The van der Waals surface area contributed by atoms with E-state index in [2.05, 4.69) is 4.79 Å². The monoisotopic (exact) mass is 357 g/mol. The minimum absolute atomic E-state index is 0.0187. The lowest BCUT2D eigenvalue weighted by molar-refractivity contribution is -0.139. The van der Waals surface area contributed by atoms with Gasteiger partial charge < -0.3 is 15.0 Å². The van der Waals surface area contributed by atoms with Crippen molar-refractivity contribution >= 4 is 34.5 Å². The first-order valence-electron chi connectivity index (χ1n) is 7.97. The van der Waals surface area contributed by atoms with Gasteiger partial charge in [-0.15, -0.1) is 0 Å². The van der Waals surface area contributed by atoms with E-state index in [1.165, 1.54) is 10.8 Å². The van der Waals surface area contributed by atoms with E-state index in [0.29, 0.717) is 10.9 Å². The molecule has 8 heteroatoms. The van der Waals surface area contributed by atoms with Gasteiger partial charge in [-0.2, -0.15) is 4.79 Å². The summed E-state index contributed by atoms with van der Waals surface area (Å²) in [5.74, 6) is -1.90. The first-order valence-corrected chi connectivity index (χ1v) is 7.97. The van der Waals surface area contributed by atoms with Gasteiger partial charge in [0.05, 0.1) is 17.7 Å². The fraction of sp³-hybridized carbons (Fsp3) is 0.333. The Labute approximate surface area is 149 Å². The second-order valence-corrected chi connectivity index (χ2v) is 6.41.